The van der Waals surface area contributed by atoms with E-state index in [1.54, 1.807) is 0 Å². The largest absolute Gasteiger partial charge is 0.331 e. The molecule has 1 aromatic carbocycles. The Morgan fingerprint density at radius 3 is 2.56 bits per heavy atom. The fourth-order valence-electron chi connectivity index (χ4n) is 2.50. The van der Waals surface area contributed by atoms with E-state index >= 15 is 0 Å². The van der Waals surface area contributed by atoms with E-state index in [9.17, 15) is 0 Å². The quantitative estimate of drug-likeness (QED) is 0.900. The number of imidazole rings is 1. The van der Waals surface area contributed by atoms with Crippen molar-refractivity contribution in [3.8, 4) is 11.3 Å². The number of aryl methyl sites for hydroxylation is 3. The maximum absolute atomic E-state index is 5.62. The van der Waals surface area contributed by atoms with Crippen LogP contribution in [0, 0.1) is 20.8 Å². The lowest BCUT2D eigenvalue weighted by Crippen LogP contribution is -2.08. The Hall–Kier alpha value is -1.61. The van der Waals surface area contributed by atoms with Gasteiger partial charge in [-0.1, -0.05) is 23.8 Å². The summed E-state index contributed by atoms with van der Waals surface area (Å²) in [5.74, 6) is 1.06. The summed E-state index contributed by atoms with van der Waals surface area (Å²) in [6.45, 7) is 6.97. The van der Waals surface area contributed by atoms with Crippen LogP contribution in [0.25, 0.3) is 11.3 Å². The molecule has 0 saturated carbocycles. The second kappa shape index (κ2) is 4.94. The van der Waals surface area contributed by atoms with Crippen LogP contribution in [0.4, 0.5) is 0 Å². The van der Waals surface area contributed by atoms with Gasteiger partial charge in [0, 0.05) is 19.0 Å². The molecule has 2 aromatic rings. The van der Waals surface area contributed by atoms with Crippen molar-refractivity contribution in [3.63, 3.8) is 0 Å². The molecule has 0 aliphatic heterocycles. The molecule has 1 aromatic heterocycles. The summed E-state index contributed by atoms with van der Waals surface area (Å²) in [6.07, 6.45) is 0.822. The monoisotopic (exact) mass is 243 g/mol. The molecule has 0 amide bonds. The first-order valence-corrected chi connectivity index (χ1v) is 6.34. The summed E-state index contributed by atoms with van der Waals surface area (Å²) in [5.41, 5.74) is 11.7. The molecule has 0 fully saturated rings. The number of rotatable bonds is 3. The fraction of sp³-hybridized carbons (Fsp3) is 0.400. The van der Waals surface area contributed by atoms with Crippen molar-refractivity contribution >= 4 is 0 Å². The molecule has 0 radical (unpaired) electrons. The highest BCUT2D eigenvalue weighted by molar-refractivity contribution is 5.67. The third-order valence-electron chi connectivity index (χ3n) is 3.37. The Labute approximate surface area is 109 Å². The Morgan fingerprint density at radius 1 is 1.22 bits per heavy atom. The standard InChI is InChI=1S/C15H21N3/c1-10-5-6-13(11(2)9-10)15-12(3)17-14(7-8-16)18(15)4/h5-6,9H,7-8,16H2,1-4H3. The summed E-state index contributed by atoms with van der Waals surface area (Å²) in [6, 6.07) is 6.54. The predicted octanol–water partition coefficient (Wildman–Crippen LogP) is 2.51. The summed E-state index contributed by atoms with van der Waals surface area (Å²) in [4.78, 5) is 4.62. The highest BCUT2D eigenvalue weighted by Gasteiger charge is 2.14. The number of aromatic nitrogens is 2. The van der Waals surface area contributed by atoms with E-state index in [-0.39, 0.29) is 0 Å². The third kappa shape index (κ3) is 2.18. The molecule has 0 spiro atoms. The molecule has 0 saturated heterocycles. The van der Waals surface area contributed by atoms with Crippen LogP contribution >= 0.6 is 0 Å². The van der Waals surface area contributed by atoms with E-state index in [4.69, 9.17) is 5.73 Å². The van der Waals surface area contributed by atoms with Crippen molar-refractivity contribution in [2.24, 2.45) is 12.8 Å². The highest BCUT2D eigenvalue weighted by atomic mass is 15.1. The van der Waals surface area contributed by atoms with Crippen LogP contribution in [0.1, 0.15) is 22.6 Å². The van der Waals surface area contributed by atoms with Crippen molar-refractivity contribution in [3.05, 3.63) is 40.8 Å². The fourth-order valence-corrected chi connectivity index (χ4v) is 2.50. The average molecular weight is 243 g/mol. The predicted molar refractivity (Wildman–Crippen MR) is 75.6 cm³/mol. The molecule has 2 rings (SSSR count). The number of hydrogen-bond donors (Lipinski definition) is 1. The molecule has 96 valence electrons. The lowest BCUT2D eigenvalue weighted by Gasteiger charge is -2.10. The molecule has 0 aliphatic rings. The Morgan fingerprint density at radius 2 is 1.94 bits per heavy atom. The zero-order chi connectivity index (χ0) is 13.3. The van der Waals surface area contributed by atoms with Crippen LogP contribution in [0.15, 0.2) is 18.2 Å². The zero-order valence-electron chi connectivity index (χ0n) is 11.6. The first-order valence-electron chi connectivity index (χ1n) is 6.34. The smallest absolute Gasteiger partial charge is 0.110 e. The van der Waals surface area contributed by atoms with E-state index in [0.717, 1.165) is 17.9 Å². The molecule has 0 atom stereocenters. The number of nitrogens with zero attached hydrogens (tertiary/aromatic N) is 2. The van der Waals surface area contributed by atoms with E-state index in [1.807, 2.05) is 0 Å². The van der Waals surface area contributed by atoms with Crippen LogP contribution < -0.4 is 5.73 Å². The van der Waals surface area contributed by atoms with E-state index < -0.39 is 0 Å². The molecular formula is C15H21N3. The Balaban J connectivity index is 2.56. The van der Waals surface area contributed by atoms with Crippen molar-refractivity contribution in [2.45, 2.75) is 27.2 Å². The van der Waals surface area contributed by atoms with Gasteiger partial charge in [-0.25, -0.2) is 4.98 Å². The van der Waals surface area contributed by atoms with Crippen LogP contribution in [0.2, 0.25) is 0 Å². The number of hydrogen-bond acceptors (Lipinski definition) is 2. The second-order valence-corrected chi connectivity index (χ2v) is 4.88. The van der Waals surface area contributed by atoms with Crippen molar-refractivity contribution in [1.29, 1.82) is 0 Å². The third-order valence-corrected chi connectivity index (χ3v) is 3.37. The van der Waals surface area contributed by atoms with Crippen LogP contribution in [0.5, 0.6) is 0 Å². The Kier molecular flexibility index (Phi) is 3.53. The summed E-state index contributed by atoms with van der Waals surface area (Å²) in [7, 11) is 2.07. The van der Waals surface area contributed by atoms with E-state index in [0.29, 0.717) is 6.54 Å². The van der Waals surface area contributed by atoms with Gasteiger partial charge in [-0.3, -0.25) is 0 Å². The number of benzene rings is 1. The van der Waals surface area contributed by atoms with Gasteiger partial charge in [0.05, 0.1) is 11.4 Å². The highest BCUT2D eigenvalue weighted by Crippen LogP contribution is 2.27. The van der Waals surface area contributed by atoms with Crippen molar-refractivity contribution < 1.29 is 0 Å². The van der Waals surface area contributed by atoms with Gasteiger partial charge in [0.1, 0.15) is 5.82 Å². The molecule has 3 nitrogen and oxygen atoms in total. The van der Waals surface area contributed by atoms with Gasteiger partial charge in [0.15, 0.2) is 0 Å². The SMILES string of the molecule is Cc1ccc(-c2c(C)nc(CCN)n2C)c(C)c1. The van der Waals surface area contributed by atoms with Gasteiger partial charge in [0.25, 0.3) is 0 Å². The van der Waals surface area contributed by atoms with E-state index in [1.165, 1.54) is 22.4 Å². The molecule has 18 heavy (non-hydrogen) atoms. The van der Waals surface area contributed by atoms with Crippen LogP contribution in [0.3, 0.4) is 0 Å². The lowest BCUT2D eigenvalue weighted by molar-refractivity contribution is 0.781. The first-order chi connectivity index (χ1) is 8.54. The Bertz CT molecular complexity index is 567. The zero-order valence-corrected chi connectivity index (χ0v) is 11.6. The maximum atomic E-state index is 5.62. The normalized spacial score (nSPS) is 10.9. The summed E-state index contributed by atoms with van der Waals surface area (Å²) >= 11 is 0. The van der Waals surface area contributed by atoms with Gasteiger partial charge in [-0.15, -0.1) is 0 Å². The van der Waals surface area contributed by atoms with Gasteiger partial charge in [0.2, 0.25) is 0 Å². The van der Waals surface area contributed by atoms with Gasteiger partial charge < -0.3 is 10.3 Å². The summed E-state index contributed by atoms with van der Waals surface area (Å²) < 4.78 is 2.17. The van der Waals surface area contributed by atoms with E-state index in [2.05, 4.69) is 55.6 Å². The van der Waals surface area contributed by atoms with Crippen LogP contribution in [-0.4, -0.2) is 16.1 Å². The van der Waals surface area contributed by atoms with Crippen molar-refractivity contribution in [1.82, 2.24) is 9.55 Å². The van der Waals surface area contributed by atoms with Gasteiger partial charge in [-0.2, -0.15) is 0 Å². The molecule has 0 bridgehead atoms. The molecule has 0 aliphatic carbocycles. The number of nitrogens with two attached hydrogens (primary N) is 1. The van der Waals surface area contributed by atoms with Crippen LogP contribution in [-0.2, 0) is 13.5 Å². The molecular weight excluding hydrogens is 222 g/mol. The molecule has 1 heterocycles. The van der Waals surface area contributed by atoms with Gasteiger partial charge >= 0.3 is 0 Å². The van der Waals surface area contributed by atoms with Gasteiger partial charge in [-0.05, 0) is 32.9 Å². The molecule has 3 heteroatoms. The molecule has 0 unspecified atom stereocenters. The minimum atomic E-state index is 0.636. The topological polar surface area (TPSA) is 43.8 Å². The van der Waals surface area contributed by atoms with Crippen molar-refractivity contribution in [2.75, 3.05) is 6.54 Å². The maximum Gasteiger partial charge on any atom is 0.110 e. The lowest BCUT2D eigenvalue weighted by atomic mass is 10.0. The second-order valence-electron chi connectivity index (χ2n) is 4.88. The molecule has 2 N–H and O–H groups in total. The minimum absolute atomic E-state index is 0.636. The summed E-state index contributed by atoms with van der Waals surface area (Å²) in [5, 5.41) is 0. The average Bonchev–Trinajstić information content (AvgIpc) is 2.56. The first kappa shape index (κ1) is 12.8. The minimum Gasteiger partial charge on any atom is -0.331 e.